The summed E-state index contributed by atoms with van der Waals surface area (Å²) in [6.07, 6.45) is 1.54. The van der Waals surface area contributed by atoms with Crippen LogP contribution in [-0.4, -0.2) is 24.6 Å². The predicted molar refractivity (Wildman–Crippen MR) is 134 cm³/mol. The van der Waals surface area contributed by atoms with Gasteiger partial charge in [0.25, 0.3) is 11.8 Å². The molecule has 4 aromatic carbocycles. The first kappa shape index (κ1) is 21.7. The fourth-order valence-corrected chi connectivity index (χ4v) is 4.02. The maximum Gasteiger partial charge on any atom is 0.260 e. The van der Waals surface area contributed by atoms with Gasteiger partial charge in [-0.2, -0.15) is 5.10 Å². The van der Waals surface area contributed by atoms with E-state index < -0.39 is 0 Å². The highest BCUT2D eigenvalue weighted by Gasteiger charge is 2.30. The molecule has 6 nitrogen and oxygen atoms in total. The smallest absolute Gasteiger partial charge is 0.260 e. The first-order valence-corrected chi connectivity index (χ1v) is 11.1. The number of carbonyl (C=O) groups is 2. The molecule has 5 rings (SSSR count). The number of nitrogens with zero attached hydrogens (tertiary/aromatic N) is 2. The Hall–Kier alpha value is -4.16. The third kappa shape index (κ3) is 4.49. The fourth-order valence-electron chi connectivity index (χ4n) is 3.89. The van der Waals surface area contributed by atoms with Gasteiger partial charge in [-0.25, -0.2) is 5.43 Å². The SMILES string of the molecule is O=C(CN1C(=O)c2cccc3cccc1c23)N/N=C\c1ccc(OCc2ccc(Cl)cc2)cc1. The van der Waals surface area contributed by atoms with Crippen LogP contribution >= 0.6 is 11.6 Å². The van der Waals surface area contributed by atoms with Gasteiger partial charge in [-0.3, -0.25) is 14.5 Å². The maximum absolute atomic E-state index is 12.8. The van der Waals surface area contributed by atoms with Crippen LogP contribution in [-0.2, 0) is 11.4 Å². The largest absolute Gasteiger partial charge is 0.489 e. The van der Waals surface area contributed by atoms with E-state index in [1.54, 1.807) is 12.3 Å². The van der Waals surface area contributed by atoms with Crippen LogP contribution in [0.5, 0.6) is 5.75 Å². The molecule has 0 aliphatic carbocycles. The van der Waals surface area contributed by atoms with Crippen molar-refractivity contribution < 1.29 is 14.3 Å². The van der Waals surface area contributed by atoms with Crippen molar-refractivity contribution in [3.8, 4) is 5.75 Å². The summed E-state index contributed by atoms with van der Waals surface area (Å²) in [5.74, 6) is 0.162. The third-order valence-corrected chi connectivity index (χ3v) is 5.80. The van der Waals surface area contributed by atoms with Gasteiger partial charge in [0.05, 0.1) is 11.9 Å². The number of anilines is 1. The van der Waals surface area contributed by atoms with Gasteiger partial charge in [-0.05, 0) is 65.0 Å². The molecule has 0 radical (unpaired) electrons. The second kappa shape index (κ2) is 9.37. The second-order valence-electron chi connectivity index (χ2n) is 7.85. The standard InChI is InChI=1S/C27H20ClN3O3/c28-21-11-7-19(8-12-21)17-34-22-13-9-18(10-14-22)15-29-30-25(32)16-31-24-6-2-4-20-3-1-5-23(26(20)24)27(31)33/h1-15H,16-17H2,(H,30,32)/b29-15-. The van der Waals surface area contributed by atoms with E-state index in [4.69, 9.17) is 16.3 Å². The van der Waals surface area contributed by atoms with Crippen molar-refractivity contribution in [1.29, 1.82) is 0 Å². The number of halogens is 1. The van der Waals surface area contributed by atoms with E-state index in [2.05, 4.69) is 10.5 Å². The van der Waals surface area contributed by atoms with Crippen LogP contribution in [0.4, 0.5) is 5.69 Å². The molecule has 0 atom stereocenters. The second-order valence-corrected chi connectivity index (χ2v) is 8.29. The number of carbonyl (C=O) groups excluding carboxylic acids is 2. The Labute approximate surface area is 201 Å². The molecule has 0 saturated carbocycles. The Balaban J connectivity index is 1.16. The van der Waals surface area contributed by atoms with Crippen LogP contribution in [0, 0.1) is 0 Å². The lowest BCUT2D eigenvalue weighted by Crippen LogP contribution is -2.37. The van der Waals surface area contributed by atoms with Crippen molar-refractivity contribution in [2.45, 2.75) is 6.61 Å². The van der Waals surface area contributed by atoms with Crippen LogP contribution in [0.25, 0.3) is 10.8 Å². The minimum absolute atomic E-state index is 0.110. The van der Waals surface area contributed by atoms with Crippen molar-refractivity contribution in [2.24, 2.45) is 5.10 Å². The molecule has 168 valence electrons. The molecule has 0 bridgehead atoms. The minimum Gasteiger partial charge on any atom is -0.489 e. The Morgan fingerprint density at radius 3 is 2.47 bits per heavy atom. The summed E-state index contributed by atoms with van der Waals surface area (Å²) in [5, 5.41) is 6.57. The number of hydrazone groups is 1. The quantitative estimate of drug-likeness (QED) is 0.299. The Bertz CT molecular complexity index is 1390. The number of hydrogen-bond donors (Lipinski definition) is 1. The van der Waals surface area contributed by atoms with Gasteiger partial charge in [-0.1, -0.05) is 48.0 Å². The van der Waals surface area contributed by atoms with E-state index >= 15 is 0 Å². The normalized spacial score (nSPS) is 12.5. The van der Waals surface area contributed by atoms with Crippen molar-refractivity contribution >= 4 is 46.1 Å². The van der Waals surface area contributed by atoms with E-state index in [1.807, 2.05) is 78.9 Å². The van der Waals surface area contributed by atoms with Crippen molar-refractivity contribution in [1.82, 2.24) is 5.43 Å². The van der Waals surface area contributed by atoms with Gasteiger partial charge in [-0.15, -0.1) is 0 Å². The average Bonchev–Trinajstić information content (AvgIpc) is 3.12. The zero-order valence-electron chi connectivity index (χ0n) is 18.1. The number of nitrogens with one attached hydrogen (secondary N) is 1. The van der Waals surface area contributed by atoms with Crippen LogP contribution < -0.4 is 15.1 Å². The summed E-state index contributed by atoms with van der Waals surface area (Å²) < 4.78 is 5.77. The van der Waals surface area contributed by atoms with Crippen LogP contribution in [0.1, 0.15) is 21.5 Å². The first-order chi connectivity index (χ1) is 16.6. The molecule has 0 saturated heterocycles. The van der Waals surface area contributed by atoms with E-state index in [9.17, 15) is 9.59 Å². The lowest BCUT2D eigenvalue weighted by Gasteiger charge is -2.16. The van der Waals surface area contributed by atoms with Gasteiger partial charge < -0.3 is 4.74 Å². The van der Waals surface area contributed by atoms with Gasteiger partial charge in [0.2, 0.25) is 0 Å². The van der Waals surface area contributed by atoms with Gasteiger partial charge in [0.15, 0.2) is 0 Å². The molecule has 2 amide bonds. The first-order valence-electron chi connectivity index (χ1n) is 10.7. The number of benzene rings is 4. The topological polar surface area (TPSA) is 71.0 Å². The number of rotatable bonds is 7. The highest BCUT2D eigenvalue weighted by atomic mass is 35.5. The number of amides is 2. The van der Waals surface area contributed by atoms with Crippen molar-refractivity contribution in [3.05, 3.63) is 107 Å². The van der Waals surface area contributed by atoms with E-state index in [-0.39, 0.29) is 18.4 Å². The van der Waals surface area contributed by atoms with E-state index in [0.29, 0.717) is 17.2 Å². The van der Waals surface area contributed by atoms with Gasteiger partial charge in [0.1, 0.15) is 18.9 Å². The van der Waals surface area contributed by atoms with Crippen molar-refractivity contribution in [3.63, 3.8) is 0 Å². The van der Waals surface area contributed by atoms with Crippen LogP contribution in [0.2, 0.25) is 5.02 Å². The molecule has 0 fully saturated rings. The van der Waals surface area contributed by atoms with Crippen LogP contribution in [0.15, 0.2) is 90.0 Å². The highest BCUT2D eigenvalue weighted by Crippen LogP contribution is 2.36. The van der Waals surface area contributed by atoms with Crippen LogP contribution in [0.3, 0.4) is 0 Å². The summed E-state index contributed by atoms with van der Waals surface area (Å²) in [5.41, 5.74) is 5.67. The highest BCUT2D eigenvalue weighted by molar-refractivity contribution is 6.30. The average molecular weight is 470 g/mol. The Morgan fingerprint density at radius 2 is 1.71 bits per heavy atom. The monoisotopic (exact) mass is 469 g/mol. The summed E-state index contributed by atoms with van der Waals surface area (Å²) in [4.78, 5) is 26.7. The summed E-state index contributed by atoms with van der Waals surface area (Å²) in [6, 6.07) is 26.1. The predicted octanol–water partition coefficient (Wildman–Crippen LogP) is 5.18. The van der Waals surface area contributed by atoms with Crippen molar-refractivity contribution in [2.75, 3.05) is 11.4 Å². The minimum atomic E-state index is -0.377. The molecular formula is C27H20ClN3O3. The summed E-state index contributed by atoms with van der Waals surface area (Å²) >= 11 is 5.89. The molecule has 4 aromatic rings. The fraction of sp³-hybridized carbons (Fsp3) is 0.0741. The lowest BCUT2D eigenvalue weighted by atomic mass is 10.1. The molecule has 1 N–H and O–H groups in total. The Morgan fingerprint density at radius 1 is 0.971 bits per heavy atom. The third-order valence-electron chi connectivity index (χ3n) is 5.55. The van der Waals surface area contributed by atoms with Gasteiger partial charge in [0, 0.05) is 16.0 Å². The van der Waals surface area contributed by atoms with Gasteiger partial charge >= 0.3 is 0 Å². The maximum atomic E-state index is 12.8. The zero-order chi connectivity index (χ0) is 23.5. The summed E-state index contributed by atoms with van der Waals surface area (Å²) in [7, 11) is 0. The van der Waals surface area contributed by atoms with E-state index in [0.717, 1.165) is 33.3 Å². The number of hydrogen-bond acceptors (Lipinski definition) is 4. The zero-order valence-corrected chi connectivity index (χ0v) is 18.8. The molecule has 1 aliphatic heterocycles. The molecule has 1 heterocycles. The number of ether oxygens (including phenoxy) is 1. The molecule has 0 spiro atoms. The molecule has 1 aliphatic rings. The lowest BCUT2D eigenvalue weighted by molar-refractivity contribution is -0.119. The Kier molecular flexibility index (Phi) is 5.97. The molecular weight excluding hydrogens is 450 g/mol. The molecule has 0 unspecified atom stereocenters. The molecule has 0 aromatic heterocycles. The molecule has 34 heavy (non-hydrogen) atoms. The van der Waals surface area contributed by atoms with E-state index in [1.165, 1.54) is 4.90 Å². The summed E-state index contributed by atoms with van der Waals surface area (Å²) in [6.45, 7) is 0.328. The molecule has 7 heteroatoms.